The van der Waals surface area contributed by atoms with Gasteiger partial charge in [-0.25, -0.2) is 9.78 Å². The van der Waals surface area contributed by atoms with Crippen LogP contribution in [-0.4, -0.2) is 21.2 Å². The molecule has 0 fully saturated rings. The minimum absolute atomic E-state index is 0.226. The molecule has 0 saturated heterocycles. The predicted molar refractivity (Wildman–Crippen MR) is 90.5 cm³/mol. The van der Waals surface area contributed by atoms with E-state index in [0.717, 1.165) is 11.3 Å². The maximum Gasteiger partial charge on any atom is 0.321 e. The molecular formula is C17H19N5O2. The fraction of sp³-hybridized carbons (Fsp3) is 0.235. The molecule has 3 N–H and O–H groups in total. The second-order valence-electron chi connectivity index (χ2n) is 5.43. The molecule has 7 heteroatoms. The van der Waals surface area contributed by atoms with Gasteiger partial charge in [-0.05, 0) is 18.9 Å². The number of rotatable bonds is 5. The molecule has 0 saturated carbocycles. The van der Waals surface area contributed by atoms with Gasteiger partial charge in [0.1, 0.15) is 11.6 Å². The number of hydrogen-bond acceptors (Lipinski definition) is 4. The third-order valence-corrected chi connectivity index (χ3v) is 3.59. The van der Waals surface area contributed by atoms with Crippen molar-refractivity contribution < 1.29 is 9.32 Å². The van der Waals surface area contributed by atoms with Crippen LogP contribution >= 0.6 is 0 Å². The van der Waals surface area contributed by atoms with E-state index in [1.54, 1.807) is 19.2 Å². The van der Waals surface area contributed by atoms with Gasteiger partial charge in [0.15, 0.2) is 5.82 Å². The summed E-state index contributed by atoms with van der Waals surface area (Å²) < 4.78 is 4.92. The van der Waals surface area contributed by atoms with E-state index in [1.165, 1.54) is 0 Å². The summed E-state index contributed by atoms with van der Waals surface area (Å²) in [5, 5.41) is 9.25. The van der Waals surface area contributed by atoms with Gasteiger partial charge < -0.3 is 14.8 Å². The molecule has 3 aromatic rings. The summed E-state index contributed by atoms with van der Waals surface area (Å²) in [7, 11) is 0. The molecule has 2 amide bonds. The first-order valence-electron chi connectivity index (χ1n) is 7.77. The van der Waals surface area contributed by atoms with Crippen molar-refractivity contribution in [3.63, 3.8) is 0 Å². The van der Waals surface area contributed by atoms with E-state index in [9.17, 15) is 4.79 Å². The number of hydrogen-bond donors (Lipinski definition) is 3. The number of urea groups is 1. The van der Waals surface area contributed by atoms with Crippen molar-refractivity contribution in [1.82, 2.24) is 20.4 Å². The summed E-state index contributed by atoms with van der Waals surface area (Å²) in [5.41, 5.74) is 1.96. The summed E-state index contributed by atoms with van der Waals surface area (Å²) >= 11 is 0. The number of H-pyrrole nitrogens is 1. The van der Waals surface area contributed by atoms with Crippen LogP contribution in [-0.2, 0) is 0 Å². The lowest BCUT2D eigenvalue weighted by Crippen LogP contribution is -2.33. The van der Waals surface area contributed by atoms with Gasteiger partial charge in [-0.1, -0.05) is 42.4 Å². The Morgan fingerprint density at radius 2 is 2.12 bits per heavy atom. The smallest absolute Gasteiger partial charge is 0.321 e. The Balaban J connectivity index is 1.68. The van der Waals surface area contributed by atoms with E-state index in [-0.39, 0.29) is 12.1 Å². The number of amides is 2. The van der Waals surface area contributed by atoms with Crippen molar-refractivity contribution in [1.29, 1.82) is 0 Å². The van der Waals surface area contributed by atoms with Crippen LogP contribution in [0.1, 0.15) is 31.0 Å². The fourth-order valence-electron chi connectivity index (χ4n) is 2.38. The summed E-state index contributed by atoms with van der Waals surface area (Å²) in [5.74, 6) is 1.72. The normalized spacial score (nSPS) is 11.9. The zero-order chi connectivity index (χ0) is 16.9. The topological polar surface area (TPSA) is 95.8 Å². The molecule has 0 aliphatic rings. The molecule has 7 nitrogen and oxygen atoms in total. The van der Waals surface area contributed by atoms with Crippen molar-refractivity contribution in [3.05, 3.63) is 54.2 Å². The van der Waals surface area contributed by atoms with Gasteiger partial charge in [0.05, 0.1) is 17.9 Å². The highest BCUT2D eigenvalue weighted by molar-refractivity contribution is 5.88. The molecule has 1 aromatic carbocycles. The highest BCUT2D eigenvalue weighted by Gasteiger charge is 2.17. The average Bonchev–Trinajstić information content (AvgIpc) is 3.23. The highest BCUT2D eigenvalue weighted by atomic mass is 16.5. The molecule has 3 rings (SSSR count). The van der Waals surface area contributed by atoms with Crippen molar-refractivity contribution in [3.8, 4) is 11.3 Å². The lowest BCUT2D eigenvalue weighted by atomic mass is 10.2. The molecule has 0 aliphatic carbocycles. The first-order valence-corrected chi connectivity index (χ1v) is 7.77. The van der Waals surface area contributed by atoms with Gasteiger partial charge in [-0.3, -0.25) is 5.32 Å². The maximum absolute atomic E-state index is 12.1. The van der Waals surface area contributed by atoms with E-state index in [1.807, 2.05) is 37.3 Å². The molecule has 0 unspecified atom stereocenters. The molecule has 0 radical (unpaired) electrons. The molecule has 0 spiro atoms. The fourth-order valence-corrected chi connectivity index (χ4v) is 2.38. The van der Waals surface area contributed by atoms with Gasteiger partial charge in [0.2, 0.25) is 0 Å². The molecule has 0 aliphatic heterocycles. The van der Waals surface area contributed by atoms with Crippen LogP contribution in [0.15, 0.2) is 47.1 Å². The molecule has 24 heavy (non-hydrogen) atoms. The summed E-state index contributed by atoms with van der Waals surface area (Å²) in [6, 6.07) is 11.0. The van der Waals surface area contributed by atoms with Crippen molar-refractivity contribution in [2.45, 2.75) is 26.3 Å². The van der Waals surface area contributed by atoms with E-state index in [2.05, 4.69) is 25.8 Å². The van der Waals surface area contributed by atoms with Gasteiger partial charge >= 0.3 is 6.03 Å². The van der Waals surface area contributed by atoms with Crippen molar-refractivity contribution in [2.75, 3.05) is 5.32 Å². The van der Waals surface area contributed by atoms with E-state index >= 15 is 0 Å². The number of nitrogens with one attached hydrogen (secondary N) is 3. The Hall–Kier alpha value is -3.09. The number of aromatic amines is 1. The van der Waals surface area contributed by atoms with Crippen molar-refractivity contribution >= 4 is 11.8 Å². The first-order chi connectivity index (χ1) is 11.7. The van der Waals surface area contributed by atoms with Crippen LogP contribution in [0.4, 0.5) is 10.6 Å². The highest BCUT2D eigenvalue weighted by Crippen LogP contribution is 2.20. The Morgan fingerprint density at radius 3 is 2.79 bits per heavy atom. The number of nitrogens with zero attached hydrogens (tertiary/aromatic N) is 2. The van der Waals surface area contributed by atoms with Gasteiger partial charge in [0, 0.05) is 6.07 Å². The van der Waals surface area contributed by atoms with Gasteiger partial charge in [-0.2, -0.15) is 0 Å². The number of anilines is 1. The van der Waals surface area contributed by atoms with Crippen LogP contribution in [0.5, 0.6) is 0 Å². The Labute approximate surface area is 139 Å². The summed E-state index contributed by atoms with van der Waals surface area (Å²) in [6.07, 6.45) is 2.47. The zero-order valence-corrected chi connectivity index (χ0v) is 13.5. The van der Waals surface area contributed by atoms with E-state index in [0.29, 0.717) is 23.8 Å². The molecular weight excluding hydrogens is 306 g/mol. The number of imidazole rings is 1. The van der Waals surface area contributed by atoms with Gasteiger partial charge in [0.25, 0.3) is 0 Å². The monoisotopic (exact) mass is 325 g/mol. The summed E-state index contributed by atoms with van der Waals surface area (Å²) in [4.78, 5) is 19.8. The molecule has 0 bridgehead atoms. The quantitative estimate of drug-likeness (QED) is 0.667. The largest absolute Gasteiger partial charge is 0.360 e. The predicted octanol–water partition coefficient (Wildman–Crippen LogP) is 3.65. The minimum Gasteiger partial charge on any atom is -0.360 e. The van der Waals surface area contributed by atoms with E-state index < -0.39 is 0 Å². The Bertz CT molecular complexity index is 809. The lowest BCUT2D eigenvalue weighted by molar-refractivity contribution is 0.247. The van der Waals surface area contributed by atoms with Gasteiger partial charge in [-0.15, -0.1) is 0 Å². The standard InChI is InChI=1S/C17H19N5O2/c1-3-13(20-17(23)21-15-9-11(2)24-22-15)16-18-10-14(19-16)12-7-5-4-6-8-12/h4-10,13H,3H2,1-2H3,(H,18,19)(H2,20,21,22,23)/t13-/m1/s1. The third-order valence-electron chi connectivity index (χ3n) is 3.59. The maximum atomic E-state index is 12.1. The third kappa shape index (κ3) is 3.62. The number of carbonyl (C=O) groups excluding carboxylic acids is 1. The second-order valence-corrected chi connectivity index (χ2v) is 5.43. The summed E-state index contributed by atoms with van der Waals surface area (Å²) in [6.45, 7) is 3.74. The molecule has 2 heterocycles. The van der Waals surface area contributed by atoms with Crippen LogP contribution in [0.3, 0.4) is 0 Å². The first kappa shape index (κ1) is 15.8. The number of benzene rings is 1. The number of aromatic nitrogens is 3. The van der Waals surface area contributed by atoms with E-state index in [4.69, 9.17) is 4.52 Å². The van der Waals surface area contributed by atoms with Crippen LogP contribution < -0.4 is 10.6 Å². The van der Waals surface area contributed by atoms with Crippen molar-refractivity contribution in [2.24, 2.45) is 0 Å². The number of aryl methyl sites for hydroxylation is 1. The Morgan fingerprint density at radius 1 is 1.33 bits per heavy atom. The van der Waals surface area contributed by atoms with Crippen LogP contribution in [0, 0.1) is 6.92 Å². The zero-order valence-electron chi connectivity index (χ0n) is 13.5. The lowest BCUT2D eigenvalue weighted by Gasteiger charge is -2.14. The number of carbonyl (C=O) groups is 1. The SMILES string of the molecule is CC[C@@H](NC(=O)Nc1cc(C)on1)c1ncc(-c2ccccc2)[nH]1. The molecule has 1 atom stereocenters. The minimum atomic E-state index is -0.354. The Kier molecular flexibility index (Phi) is 4.60. The van der Waals surface area contributed by atoms with Crippen LogP contribution in [0.2, 0.25) is 0 Å². The second kappa shape index (κ2) is 6.99. The van der Waals surface area contributed by atoms with Crippen LogP contribution in [0.25, 0.3) is 11.3 Å². The molecule has 2 aromatic heterocycles. The molecule has 124 valence electrons. The average molecular weight is 325 g/mol.